The van der Waals surface area contributed by atoms with Crippen LogP contribution in [-0.2, 0) is 28.6 Å². The quantitative estimate of drug-likeness (QED) is 0.305. The third-order valence-electron chi connectivity index (χ3n) is 3.81. The molecule has 2 rings (SSSR count). The fourth-order valence-corrected chi connectivity index (χ4v) is 3.73. The third-order valence-corrected chi connectivity index (χ3v) is 5.28. The number of hydrogen-bond acceptors (Lipinski definition) is 8. The molecule has 29 heavy (non-hydrogen) atoms. The summed E-state index contributed by atoms with van der Waals surface area (Å²) < 4.78 is 19.1. The lowest BCUT2D eigenvalue weighted by atomic mass is 10.2. The van der Waals surface area contributed by atoms with Crippen molar-refractivity contribution in [2.45, 2.75) is 44.0 Å². The van der Waals surface area contributed by atoms with E-state index in [1.807, 2.05) is 22.6 Å². The molecule has 10 nitrogen and oxygen atoms in total. The van der Waals surface area contributed by atoms with Crippen molar-refractivity contribution in [2.75, 3.05) is 11.9 Å². The van der Waals surface area contributed by atoms with Crippen LogP contribution in [0.3, 0.4) is 0 Å². The summed E-state index contributed by atoms with van der Waals surface area (Å²) in [4.78, 5) is 50.1. The zero-order valence-corrected chi connectivity index (χ0v) is 19.5. The normalized spacial score (nSPS) is 23.8. The lowest BCUT2D eigenvalue weighted by molar-refractivity contribution is -0.153. The fraction of sp³-hybridized carbons (Fsp3) is 0.471. The van der Waals surface area contributed by atoms with Crippen molar-refractivity contribution in [1.29, 1.82) is 0 Å². The number of amides is 1. The Labute approximate surface area is 188 Å². The summed E-state index contributed by atoms with van der Waals surface area (Å²) in [7, 11) is 0. The molecule has 1 aromatic rings. The number of ether oxygens (including phenoxy) is 3. The number of hydrogen-bond donors (Lipinski definition) is 1. The van der Waals surface area contributed by atoms with Crippen molar-refractivity contribution < 1.29 is 28.6 Å². The molecule has 1 aliphatic rings. The van der Waals surface area contributed by atoms with E-state index in [0.717, 1.165) is 0 Å². The Hall–Kier alpha value is -1.80. The van der Waals surface area contributed by atoms with Gasteiger partial charge >= 0.3 is 17.6 Å². The third kappa shape index (κ3) is 6.09. The molecule has 1 fully saturated rings. The number of esters is 2. The average Bonchev–Trinajstić information content (AvgIpc) is 2.90. The zero-order valence-electron chi connectivity index (χ0n) is 15.8. The molecule has 12 heteroatoms. The van der Waals surface area contributed by atoms with E-state index in [-0.39, 0.29) is 18.3 Å². The Balaban J connectivity index is 2.46. The first-order valence-corrected chi connectivity index (χ1v) is 10.6. The molecule has 1 aliphatic heterocycles. The smallest absolute Gasteiger partial charge is 0.351 e. The van der Waals surface area contributed by atoms with Gasteiger partial charge in [0.1, 0.15) is 18.5 Å². The minimum Gasteiger partial charge on any atom is -0.463 e. The maximum absolute atomic E-state index is 12.6. The van der Waals surface area contributed by atoms with Gasteiger partial charge in [0.25, 0.3) is 0 Å². The molecule has 0 aliphatic carbocycles. The Morgan fingerprint density at radius 1 is 1.34 bits per heavy atom. The van der Waals surface area contributed by atoms with Crippen molar-refractivity contribution in [2.24, 2.45) is 0 Å². The topological polar surface area (TPSA) is 126 Å². The number of nitrogens with one attached hydrogen (secondary N) is 1. The van der Waals surface area contributed by atoms with Crippen molar-refractivity contribution in [1.82, 2.24) is 9.55 Å². The van der Waals surface area contributed by atoms with E-state index < -0.39 is 40.9 Å². The summed E-state index contributed by atoms with van der Waals surface area (Å²) in [5, 5.41) is 2.50. The van der Waals surface area contributed by atoms with Crippen molar-refractivity contribution >= 4 is 68.3 Å². The number of rotatable bonds is 6. The molecule has 1 aromatic heterocycles. The monoisotopic (exact) mass is 583 g/mol. The van der Waals surface area contributed by atoms with Gasteiger partial charge in [0.15, 0.2) is 12.3 Å². The highest BCUT2D eigenvalue weighted by atomic mass is 127. The first-order valence-electron chi connectivity index (χ1n) is 8.41. The number of anilines is 1. The van der Waals surface area contributed by atoms with Gasteiger partial charge in [0.05, 0.1) is 4.83 Å². The van der Waals surface area contributed by atoms with Crippen LogP contribution in [0.5, 0.6) is 0 Å². The van der Waals surface area contributed by atoms with Crippen LogP contribution in [0.4, 0.5) is 5.82 Å². The van der Waals surface area contributed by atoms with Gasteiger partial charge in [-0.15, -0.1) is 0 Å². The van der Waals surface area contributed by atoms with Crippen molar-refractivity contribution in [3.63, 3.8) is 0 Å². The lowest BCUT2D eigenvalue weighted by Crippen LogP contribution is -2.37. The van der Waals surface area contributed by atoms with Gasteiger partial charge in [0.2, 0.25) is 5.91 Å². The maximum Gasteiger partial charge on any atom is 0.351 e. The molecule has 0 bridgehead atoms. The van der Waals surface area contributed by atoms with E-state index in [1.54, 1.807) is 10.2 Å². The number of nitrogens with zero attached hydrogens (tertiary/aromatic N) is 2. The number of carbonyl (C=O) groups is 3. The maximum atomic E-state index is 12.6. The van der Waals surface area contributed by atoms with Crippen LogP contribution in [0, 0.1) is 0 Å². The highest BCUT2D eigenvalue weighted by molar-refractivity contribution is 14.1. The second-order valence-electron chi connectivity index (χ2n) is 6.09. The second-order valence-corrected chi connectivity index (χ2v) is 7.87. The molecule has 0 spiro atoms. The van der Waals surface area contributed by atoms with E-state index >= 15 is 0 Å². The Morgan fingerprint density at radius 2 is 2.03 bits per heavy atom. The van der Waals surface area contributed by atoms with Crippen LogP contribution < -0.4 is 11.0 Å². The van der Waals surface area contributed by atoms with E-state index in [4.69, 9.17) is 14.2 Å². The van der Waals surface area contributed by atoms with E-state index in [1.165, 1.54) is 31.5 Å². The van der Waals surface area contributed by atoms with Crippen LogP contribution in [0.1, 0.15) is 32.6 Å². The van der Waals surface area contributed by atoms with Gasteiger partial charge in [-0.2, -0.15) is 4.98 Å². The molecule has 0 aromatic carbocycles. The summed E-state index contributed by atoms with van der Waals surface area (Å²) in [6.07, 6.45) is 0.531. The van der Waals surface area contributed by atoms with Crippen LogP contribution in [0.15, 0.2) is 15.1 Å². The first-order chi connectivity index (χ1) is 13.6. The minimum absolute atomic E-state index is 0.0911. The average molecular weight is 584 g/mol. The molecule has 1 saturated heterocycles. The number of halogens is 2. The first kappa shape index (κ1) is 23.5. The van der Waals surface area contributed by atoms with Crippen molar-refractivity contribution in [3.8, 4) is 0 Å². The summed E-state index contributed by atoms with van der Waals surface area (Å²) in [6.45, 7) is 3.71. The SMILES string of the molecule is CC(=O)Nc1nc(=O)n([C@@H]2O[C@H](COC(C)=O)[C@H](Br)[C@H]2OC(C)=O)cc1C=CI. The molecule has 2 heterocycles. The molecule has 4 atom stereocenters. The minimum atomic E-state index is -1.02. The summed E-state index contributed by atoms with van der Waals surface area (Å²) in [5.74, 6) is -1.34. The van der Waals surface area contributed by atoms with Crippen LogP contribution in [0.2, 0.25) is 0 Å². The van der Waals surface area contributed by atoms with E-state index in [2.05, 4.69) is 26.2 Å². The van der Waals surface area contributed by atoms with Gasteiger partial charge in [0, 0.05) is 32.5 Å². The predicted octanol–water partition coefficient (Wildman–Crippen LogP) is 1.76. The van der Waals surface area contributed by atoms with Crippen LogP contribution >= 0.6 is 38.5 Å². The summed E-state index contributed by atoms with van der Waals surface area (Å²) in [5.41, 5.74) is -0.261. The van der Waals surface area contributed by atoms with E-state index in [0.29, 0.717) is 5.56 Å². The second kappa shape index (κ2) is 10.3. The summed E-state index contributed by atoms with van der Waals surface area (Å²) >= 11 is 5.40. The van der Waals surface area contributed by atoms with Gasteiger partial charge in [-0.05, 0) is 10.2 Å². The highest BCUT2D eigenvalue weighted by Gasteiger charge is 2.47. The number of carbonyl (C=O) groups excluding carboxylic acids is 3. The molecular formula is C17H19BrIN3O7. The Bertz CT molecular complexity index is 888. The number of alkyl halides is 1. The highest BCUT2D eigenvalue weighted by Crippen LogP contribution is 2.36. The lowest BCUT2D eigenvalue weighted by Gasteiger charge is -2.22. The molecule has 0 unspecified atom stereocenters. The molecule has 0 saturated carbocycles. The molecule has 0 radical (unpaired) electrons. The van der Waals surface area contributed by atoms with Gasteiger partial charge in [-0.1, -0.05) is 38.5 Å². The van der Waals surface area contributed by atoms with Gasteiger partial charge < -0.3 is 19.5 Å². The molecule has 1 amide bonds. The fourth-order valence-electron chi connectivity index (χ4n) is 2.69. The summed E-state index contributed by atoms with van der Waals surface area (Å²) in [6, 6.07) is 0. The van der Waals surface area contributed by atoms with Crippen LogP contribution in [0.25, 0.3) is 6.08 Å². The number of aromatic nitrogens is 2. The molecular weight excluding hydrogens is 565 g/mol. The van der Waals surface area contributed by atoms with Crippen LogP contribution in [-0.4, -0.2) is 51.0 Å². The van der Waals surface area contributed by atoms with E-state index in [9.17, 15) is 19.2 Å². The van der Waals surface area contributed by atoms with Gasteiger partial charge in [-0.3, -0.25) is 19.0 Å². The standard InChI is InChI=1S/C17H19BrIN3O7/c1-8(23)20-15-11(4-5-19)6-22(17(26)21-15)16-14(28-10(3)25)13(18)12(29-16)7-27-9(2)24/h4-6,12-14,16H,7H2,1-3H3,(H,20,21,23,26)/t12-,13+,14-,16-/m1/s1. The predicted molar refractivity (Wildman–Crippen MR) is 115 cm³/mol. The zero-order chi connectivity index (χ0) is 21.7. The molecule has 158 valence electrons. The van der Waals surface area contributed by atoms with Crippen molar-refractivity contribution in [3.05, 3.63) is 26.3 Å². The van der Waals surface area contributed by atoms with Gasteiger partial charge in [-0.25, -0.2) is 4.79 Å². The Kier molecular flexibility index (Phi) is 8.34. The Morgan fingerprint density at radius 3 is 2.59 bits per heavy atom. The largest absolute Gasteiger partial charge is 0.463 e. The molecule has 1 N–H and O–H groups in total.